The first kappa shape index (κ1) is 13.4. The van der Waals surface area contributed by atoms with Gasteiger partial charge in [0.1, 0.15) is 5.75 Å². The van der Waals surface area contributed by atoms with Crippen LogP contribution in [0.2, 0.25) is 0 Å². The van der Waals surface area contributed by atoms with Gasteiger partial charge in [0.25, 0.3) is 10.0 Å². The number of phenolic OH excluding ortho intramolecular Hbond substituents is 1. The standard InChI is InChI=1S/C14H15NO3S/c1-10-7-8-14(11(2)9-10)19(17,18)15-12-5-3-4-6-13(12)16/h3-9,15-16H,1-2H3. The number of rotatable bonds is 3. The predicted molar refractivity (Wildman–Crippen MR) is 74.8 cm³/mol. The third kappa shape index (κ3) is 2.88. The summed E-state index contributed by atoms with van der Waals surface area (Å²) < 4.78 is 26.9. The lowest BCUT2D eigenvalue weighted by Crippen LogP contribution is -2.14. The monoisotopic (exact) mass is 277 g/mol. The van der Waals surface area contributed by atoms with E-state index in [1.807, 2.05) is 6.92 Å². The van der Waals surface area contributed by atoms with Gasteiger partial charge in [0.05, 0.1) is 10.6 Å². The smallest absolute Gasteiger partial charge is 0.262 e. The summed E-state index contributed by atoms with van der Waals surface area (Å²) in [5.41, 5.74) is 1.84. The molecule has 0 radical (unpaired) electrons. The van der Waals surface area contributed by atoms with Crippen LogP contribution in [-0.2, 0) is 10.0 Å². The Balaban J connectivity index is 2.41. The Labute approximate surface area is 112 Å². The van der Waals surface area contributed by atoms with E-state index in [1.54, 1.807) is 37.3 Å². The number of aromatic hydroxyl groups is 1. The first-order chi connectivity index (χ1) is 8.90. The van der Waals surface area contributed by atoms with Crippen molar-refractivity contribution in [2.45, 2.75) is 18.7 Å². The van der Waals surface area contributed by atoms with Gasteiger partial charge in [-0.1, -0.05) is 29.8 Å². The van der Waals surface area contributed by atoms with Crippen LogP contribution in [0.3, 0.4) is 0 Å². The Morgan fingerprint density at radius 2 is 1.74 bits per heavy atom. The normalized spacial score (nSPS) is 11.3. The van der Waals surface area contributed by atoms with E-state index in [0.717, 1.165) is 5.56 Å². The third-order valence-electron chi connectivity index (χ3n) is 2.77. The summed E-state index contributed by atoms with van der Waals surface area (Å²) >= 11 is 0. The predicted octanol–water partition coefficient (Wildman–Crippen LogP) is 2.81. The molecule has 5 heteroatoms. The van der Waals surface area contributed by atoms with Crippen LogP contribution in [0, 0.1) is 13.8 Å². The van der Waals surface area contributed by atoms with Crippen LogP contribution >= 0.6 is 0 Å². The van der Waals surface area contributed by atoms with Crippen molar-refractivity contribution < 1.29 is 13.5 Å². The SMILES string of the molecule is Cc1ccc(S(=O)(=O)Nc2ccccc2O)c(C)c1. The lowest BCUT2D eigenvalue weighted by molar-refractivity contribution is 0.477. The molecule has 4 nitrogen and oxygen atoms in total. The summed E-state index contributed by atoms with van der Waals surface area (Å²) in [6, 6.07) is 11.3. The number of phenols is 1. The molecule has 0 amide bonds. The zero-order valence-corrected chi connectivity index (χ0v) is 11.5. The molecule has 2 aromatic carbocycles. The molecule has 2 rings (SSSR count). The lowest BCUT2D eigenvalue weighted by Gasteiger charge is -2.11. The fraction of sp³-hybridized carbons (Fsp3) is 0.143. The quantitative estimate of drug-likeness (QED) is 0.848. The van der Waals surface area contributed by atoms with Crippen molar-refractivity contribution in [3.05, 3.63) is 53.6 Å². The maximum absolute atomic E-state index is 12.3. The molecular weight excluding hydrogens is 262 g/mol. The molecule has 0 heterocycles. The van der Waals surface area contributed by atoms with E-state index in [1.165, 1.54) is 12.1 Å². The number of hydrogen-bond acceptors (Lipinski definition) is 3. The third-order valence-corrected chi connectivity index (χ3v) is 4.29. The minimum absolute atomic E-state index is 0.101. The van der Waals surface area contributed by atoms with Crippen molar-refractivity contribution in [2.24, 2.45) is 0 Å². The zero-order valence-electron chi connectivity index (χ0n) is 10.7. The molecule has 0 aliphatic carbocycles. The van der Waals surface area contributed by atoms with Crippen LogP contribution < -0.4 is 4.72 Å². The van der Waals surface area contributed by atoms with E-state index < -0.39 is 10.0 Å². The highest BCUT2D eigenvalue weighted by Crippen LogP contribution is 2.26. The van der Waals surface area contributed by atoms with Gasteiger partial charge < -0.3 is 5.11 Å². The topological polar surface area (TPSA) is 66.4 Å². The Morgan fingerprint density at radius 1 is 1.05 bits per heavy atom. The number of sulfonamides is 1. The van der Waals surface area contributed by atoms with E-state index in [-0.39, 0.29) is 16.3 Å². The molecule has 0 saturated heterocycles. The van der Waals surface area contributed by atoms with Gasteiger partial charge in [-0.2, -0.15) is 0 Å². The second kappa shape index (κ2) is 4.93. The zero-order chi connectivity index (χ0) is 14.0. The molecule has 0 unspecified atom stereocenters. The fourth-order valence-electron chi connectivity index (χ4n) is 1.86. The van der Waals surface area contributed by atoms with E-state index in [4.69, 9.17) is 0 Å². The summed E-state index contributed by atoms with van der Waals surface area (Å²) in [6.07, 6.45) is 0. The number of aryl methyl sites for hydroxylation is 2. The fourth-order valence-corrected chi connectivity index (χ4v) is 3.16. The van der Waals surface area contributed by atoms with Gasteiger partial charge in [-0.3, -0.25) is 4.72 Å². The average molecular weight is 277 g/mol. The van der Waals surface area contributed by atoms with Crippen LogP contribution in [0.15, 0.2) is 47.4 Å². The molecule has 0 aliphatic heterocycles. The lowest BCUT2D eigenvalue weighted by atomic mass is 10.2. The summed E-state index contributed by atoms with van der Waals surface area (Å²) in [5.74, 6) is -0.101. The number of benzene rings is 2. The highest BCUT2D eigenvalue weighted by Gasteiger charge is 2.18. The molecule has 2 aromatic rings. The Bertz CT molecular complexity index is 708. The van der Waals surface area contributed by atoms with Crippen molar-refractivity contribution >= 4 is 15.7 Å². The molecule has 19 heavy (non-hydrogen) atoms. The van der Waals surface area contributed by atoms with E-state index >= 15 is 0 Å². The molecule has 0 aromatic heterocycles. The van der Waals surface area contributed by atoms with E-state index in [0.29, 0.717) is 5.56 Å². The van der Waals surface area contributed by atoms with Crippen LogP contribution in [-0.4, -0.2) is 13.5 Å². The molecular formula is C14H15NO3S. The highest BCUT2D eigenvalue weighted by atomic mass is 32.2. The molecule has 100 valence electrons. The van der Waals surface area contributed by atoms with Crippen LogP contribution in [0.25, 0.3) is 0 Å². The maximum atomic E-state index is 12.3. The summed E-state index contributed by atoms with van der Waals surface area (Å²) in [7, 11) is -3.69. The molecule has 0 saturated carbocycles. The second-order valence-electron chi connectivity index (χ2n) is 4.39. The van der Waals surface area contributed by atoms with Gasteiger partial charge in [0.2, 0.25) is 0 Å². The van der Waals surface area contributed by atoms with Gasteiger partial charge >= 0.3 is 0 Å². The van der Waals surface area contributed by atoms with Gasteiger partial charge in [-0.05, 0) is 37.6 Å². The Morgan fingerprint density at radius 3 is 2.37 bits per heavy atom. The van der Waals surface area contributed by atoms with E-state index in [2.05, 4.69) is 4.72 Å². The summed E-state index contributed by atoms with van der Waals surface area (Å²) in [4.78, 5) is 0.210. The average Bonchev–Trinajstić information content (AvgIpc) is 2.31. The first-order valence-electron chi connectivity index (χ1n) is 5.78. The van der Waals surface area contributed by atoms with E-state index in [9.17, 15) is 13.5 Å². The molecule has 0 fully saturated rings. The Kier molecular flexibility index (Phi) is 3.48. The molecule has 0 spiro atoms. The van der Waals surface area contributed by atoms with Gasteiger partial charge in [-0.15, -0.1) is 0 Å². The van der Waals surface area contributed by atoms with Crippen LogP contribution in [0.4, 0.5) is 5.69 Å². The molecule has 0 atom stereocenters. The van der Waals surface area contributed by atoms with Gasteiger partial charge in [0.15, 0.2) is 0 Å². The molecule has 2 N–H and O–H groups in total. The summed E-state index contributed by atoms with van der Waals surface area (Å²) in [6.45, 7) is 3.65. The number of anilines is 1. The van der Waals surface area contributed by atoms with Crippen molar-refractivity contribution in [3.63, 3.8) is 0 Å². The maximum Gasteiger partial charge on any atom is 0.262 e. The number of para-hydroxylation sites is 2. The van der Waals surface area contributed by atoms with Crippen LogP contribution in [0.1, 0.15) is 11.1 Å². The highest BCUT2D eigenvalue weighted by molar-refractivity contribution is 7.92. The largest absolute Gasteiger partial charge is 0.506 e. The van der Waals surface area contributed by atoms with Crippen molar-refractivity contribution in [2.75, 3.05) is 4.72 Å². The molecule has 0 bridgehead atoms. The number of hydrogen-bond donors (Lipinski definition) is 2. The van der Waals surface area contributed by atoms with Crippen molar-refractivity contribution in [1.82, 2.24) is 0 Å². The van der Waals surface area contributed by atoms with Gasteiger partial charge in [-0.25, -0.2) is 8.42 Å². The summed E-state index contributed by atoms with van der Waals surface area (Å²) in [5, 5.41) is 9.61. The molecule has 0 aliphatic rings. The van der Waals surface area contributed by atoms with Crippen molar-refractivity contribution in [1.29, 1.82) is 0 Å². The first-order valence-corrected chi connectivity index (χ1v) is 7.26. The number of nitrogens with one attached hydrogen (secondary N) is 1. The minimum atomic E-state index is -3.69. The van der Waals surface area contributed by atoms with Gasteiger partial charge in [0, 0.05) is 0 Å². The second-order valence-corrected chi connectivity index (χ2v) is 6.04. The Hall–Kier alpha value is -2.01. The van der Waals surface area contributed by atoms with Crippen molar-refractivity contribution in [3.8, 4) is 5.75 Å². The van der Waals surface area contributed by atoms with Crippen LogP contribution in [0.5, 0.6) is 5.75 Å². The minimum Gasteiger partial charge on any atom is -0.506 e.